The number of benzene rings is 2. The van der Waals surface area contributed by atoms with Crippen molar-refractivity contribution in [3.63, 3.8) is 0 Å². The number of halogens is 3. The van der Waals surface area contributed by atoms with Gasteiger partial charge in [-0.05, 0) is 42.9 Å². The highest BCUT2D eigenvalue weighted by molar-refractivity contribution is 5.65. The molecule has 2 nitrogen and oxygen atoms in total. The van der Waals surface area contributed by atoms with Crippen LogP contribution in [-0.2, 0) is 15.9 Å². The van der Waals surface area contributed by atoms with Crippen molar-refractivity contribution in [2.45, 2.75) is 58.2 Å². The van der Waals surface area contributed by atoms with Gasteiger partial charge in [0.1, 0.15) is 5.82 Å². The molecule has 0 radical (unpaired) electrons. The normalized spacial score (nSPS) is 19.8. The predicted octanol–water partition coefficient (Wildman–Crippen LogP) is 6.37. The third-order valence-electron chi connectivity index (χ3n) is 5.29. The maximum atomic E-state index is 14.7. The molecule has 152 valence electrons. The van der Waals surface area contributed by atoms with Crippen molar-refractivity contribution in [1.82, 2.24) is 0 Å². The highest BCUT2D eigenvalue weighted by atomic mass is 19.2. The molecule has 0 amide bonds. The first-order chi connectivity index (χ1) is 13.5. The summed E-state index contributed by atoms with van der Waals surface area (Å²) in [4.78, 5) is 0. The fourth-order valence-electron chi connectivity index (χ4n) is 3.54. The van der Waals surface area contributed by atoms with Gasteiger partial charge in [-0.2, -0.15) is 0 Å². The van der Waals surface area contributed by atoms with Crippen LogP contribution >= 0.6 is 0 Å². The molecule has 5 heteroatoms. The van der Waals surface area contributed by atoms with Crippen LogP contribution in [-0.4, -0.2) is 19.3 Å². The quantitative estimate of drug-likeness (QED) is 0.510. The van der Waals surface area contributed by atoms with Crippen LogP contribution in [0, 0.1) is 17.5 Å². The summed E-state index contributed by atoms with van der Waals surface area (Å²) in [6, 6.07) is 7.53. The van der Waals surface area contributed by atoms with E-state index in [-0.39, 0.29) is 17.8 Å². The summed E-state index contributed by atoms with van der Waals surface area (Å²) in [7, 11) is 0. The maximum absolute atomic E-state index is 14.7. The van der Waals surface area contributed by atoms with Crippen LogP contribution in [0.1, 0.15) is 56.8 Å². The van der Waals surface area contributed by atoms with Crippen molar-refractivity contribution in [2.24, 2.45) is 0 Å². The minimum absolute atomic E-state index is 0.0549. The highest BCUT2D eigenvalue weighted by Gasteiger charge is 2.26. The molecule has 0 spiro atoms. The van der Waals surface area contributed by atoms with Crippen LogP contribution in [0.25, 0.3) is 11.1 Å². The summed E-state index contributed by atoms with van der Waals surface area (Å²) in [6.07, 6.45) is 3.70. The van der Waals surface area contributed by atoms with Gasteiger partial charge in [-0.3, -0.25) is 0 Å². The average molecular weight is 392 g/mol. The zero-order valence-electron chi connectivity index (χ0n) is 16.4. The monoisotopic (exact) mass is 392 g/mol. The molecule has 3 rings (SSSR count). The molecule has 1 heterocycles. The zero-order valence-corrected chi connectivity index (χ0v) is 16.4. The Hall–Kier alpha value is -1.85. The van der Waals surface area contributed by atoms with Crippen LogP contribution in [0.2, 0.25) is 0 Å². The van der Waals surface area contributed by atoms with E-state index in [9.17, 15) is 13.2 Å². The lowest BCUT2D eigenvalue weighted by Gasteiger charge is -2.29. The Labute approximate surface area is 164 Å². The molecule has 1 aliphatic rings. The fourth-order valence-corrected chi connectivity index (χ4v) is 3.54. The van der Waals surface area contributed by atoms with Crippen LogP contribution in [0.3, 0.4) is 0 Å². The van der Waals surface area contributed by atoms with Gasteiger partial charge >= 0.3 is 0 Å². The standard InChI is InChI=1S/C23H27F3O2/c1-3-5-12-27-17-8-11-21(28-14-17)19-10-7-16(13-20(19)24)18-9-6-15(4-2)22(25)23(18)26/h6-7,9-10,13,17,21H,3-5,8,11-12,14H2,1-2H3. The molecule has 2 atom stereocenters. The second-order valence-electron chi connectivity index (χ2n) is 7.24. The van der Waals surface area contributed by atoms with E-state index in [0.29, 0.717) is 36.1 Å². The van der Waals surface area contributed by atoms with E-state index >= 15 is 0 Å². The van der Waals surface area contributed by atoms with Crippen molar-refractivity contribution in [2.75, 3.05) is 13.2 Å². The summed E-state index contributed by atoms with van der Waals surface area (Å²) >= 11 is 0. The molecule has 2 aromatic rings. The van der Waals surface area contributed by atoms with Gasteiger partial charge < -0.3 is 9.47 Å². The Balaban J connectivity index is 1.71. The third kappa shape index (κ3) is 4.58. The number of rotatable bonds is 7. The lowest BCUT2D eigenvalue weighted by molar-refractivity contribution is -0.0880. The van der Waals surface area contributed by atoms with Gasteiger partial charge in [0.2, 0.25) is 0 Å². The molecule has 1 aliphatic heterocycles. The van der Waals surface area contributed by atoms with E-state index in [1.807, 2.05) is 0 Å². The Morgan fingerprint density at radius 1 is 1.04 bits per heavy atom. The van der Waals surface area contributed by atoms with Gasteiger partial charge in [0.05, 0.1) is 18.8 Å². The van der Waals surface area contributed by atoms with Gasteiger partial charge in [0.25, 0.3) is 0 Å². The SMILES string of the molecule is CCCCOC1CCC(c2ccc(-c3ccc(CC)c(F)c3F)cc2F)OC1. The van der Waals surface area contributed by atoms with Gasteiger partial charge in [-0.1, -0.05) is 44.5 Å². The van der Waals surface area contributed by atoms with E-state index in [1.54, 1.807) is 25.1 Å². The number of unbranched alkanes of at least 4 members (excludes halogenated alkanes) is 1. The van der Waals surface area contributed by atoms with Crippen molar-refractivity contribution in [3.8, 4) is 11.1 Å². The number of hydrogen-bond donors (Lipinski definition) is 0. The minimum atomic E-state index is -0.938. The van der Waals surface area contributed by atoms with Gasteiger partial charge in [-0.25, -0.2) is 13.2 Å². The van der Waals surface area contributed by atoms with Crippen LogP contribution < -0.4 is 0 Å². The van der Waals surface area contributed by atoms with Crippen molar-refractivity contribution in [3.05, 3.63) is 58.9 Å². The predicted molar refractivity (Wildman–Crippen MR) is 104 cm³/mol. The van der Waals surface area contributed by atoms with Crippen molar-refractivity contribution >= 4 is 0 Å². The Morgan fingerprint density at radius 2 is 1.86 bits per heavy atom. The Bertz CT molecular complexity index is 799. The lowest BCUT2D eigenvalue weighted by atomic mass is 9.96. The van der Waals surface area contributed by atoms with E-state index in [0.717, 1.165) is 25.9 Å². The molecule has 2 unspecified atom stereocenters. The molecule has 0 aliphatic carbocycles. The Kier molecular flexibility index (Phi) is 7.13. The molecular weight excluding hydrogens is 365 g/mol. The number of hydrogen-bond acceptors (Lipinski definition) is 2. The van der Waals surface area contributed by atoms with E-state index in [4.69, 9.17) is 9.47 Å². The molecule has 1 saturated heterocycles. The third-order valence-corrected chi connectivity index (χ3v) is 5.29. The lowest BCUT2D eigenvalue weighted by Crippen LogP contribution is -2.28. The molecule has 0 bridgehead atoms. The molecule has 0 N–H and O–H groups in total. The molecule has 28 heavy (non-hydrogen) atoms. The van der Waals surface area contributed by atoms with Crippen LogP contribution in [0.5, 0.6) is 0 Å². The Morgan fingerprint density at radius 3 is 2.50 bits per heavy atom. The van der Waals surface area contributed by atoms with Crippen LogP contribution in [0.4, 0.5) is 13.2 Å². The first kappa shape index (κ1) is 20.9. The second kappa shape index (κ2) is 9.57. The zero-order chi connectivity index (χ0) is 20.1. The number of aryl methyl sites for hydroxylation is 1. The minimum Gasteiger partial charge on any atom is -0.376 e. The van der Waals surface area contributed by atoms with Crippen molar-refractivity contribution in [1.29, 1.82) is 0 Å². The first-order valence-corrected chi connectivity index (χ1v) is 10.0. The van der Waals surface area contributed by atoms with E-state index in [2.05, 4.69) is 6.92 Å². The molecule has 1 fully saturated rings. The number of ether oxygens (including phenoxy) is 2. The average Bonchev–Trinajstić information content (AvgIpc) is 2.71. The molecular formula is C23H27F3O2. The first-order valence-electron chi connectivity index (χ1n) is 10.0. The summed E-state index contributed by atoms with van der Waals surface area (Å²) in [6.45, 7) is 5.03. The van der Waals surface area contributed by atoms with Gasteiger partial charge in [-0.15, -0.1) is 0 Å². The molecule has 2 aromatic carbocycles. The highest BCUT2D eigenvalue weighted by Crippen LogP contribution is 2.34. The van der Waals surface area contributed by atoms with Crippen molar-refractivity contribution < 1.29 is 22.6 Å². The summed E-state index contributed by atoms with van der Waals surface area (Å²) < 4.78 is 54.7. The van der Waals surface area contributed by atoms with Gasteiger partial charge in [0.15, 0.2) is 11.6 Å². The summed E-state index contributed by atoms with van der Waals surface area (Å²) in [5, 5.41) is 0. The molecule has 0 aromatic heterocycles. The smallest absolute Gasteiger partial charge is 0.166 e. The second-order valence-corrected chi connectivity index (χ2v) is 7.24. The topological polar surface area (TPSA) is 18.5 Å². The fraction of sp³-hybridized carbons (Fsp3) is 0.478. The maximum Gasteiger partial charge on any atom is 0.166 e. The summed E-state index contributed by atoms with van der Waals surface area (Å²) in [5.74, 6) is -2.27. The summed E-state index contributed by atoms with van der Waals surface area (Å²) in [5.41, 5.74) is 1.14. The van der Waals surface area contributed by atoms with E-state index < -0.39 is 17.5 Å². The van der Waals surface area contributed by atoms with E-state index in [1.165, 1.54) is 12.1 Å². The molecule has 0 saturated carbocycles. The largest absolute Gasteiger partial charge is 0.376 e. The van der Waals surface area contributed by atoms with Gasteiger partial charge in [0, 0.05) is 17.7 Å². The van der Waals surface area contributed by atoms with Crippen LogP contribution in [0.15, 0.2) is 30.3 Å².